The molecule has 0 fully saturated rings. The van der Waals surface area contributed by atoms with Crippen LogP contribution in [0.4, 0.5) is 5.69 Å². The van der Waals surface area contributed by atoms with Crippen molar-refractivity contribution in [1.82, 2.24) is 0 Å². The second kappa shape index (κ2) is 9.65. The van der Waals surface area contributed by atoms with E-state index in [0.29, 0.717) is 17.2 Å². The molecule has 3 aromatic carbocycles. The van der Waals surface area contributed by atoms with E-state index in [-0.39, 0.29) is 23.7 Å². The summed E-state index contributed by atoms with van der Waals surface area (Å²) in [6.45, 7) is 4.64. The molecule has 0 radical (unpaired) electrons. The summed E-state index contributed by atoms with van der Waals surface area (Å²) < 4.78 is 16.7. The SMILES string of the molecule is COc1cccc(NC(=O)c2ccc(COc3ccc(C(C)(C)c4ccccc4)cc3)o2)c1. The first-order valence-corrected chi connectivity index (χ1v) is 10.8. The van der Waals surface area contributed by atoms with E-state index in [1.807, 2.05) is 30.3 Å². The maximum absolute atomic E-state index is 12.5. The molecule has 0 atom stereocenters. The van der Waals surface area contributed by atoms with Crippen LogP contribution >= 0.6 is 0 Å². The highest BCUT2D eigenvalue weighted by atomic mass is 16.5. The van der Waals surface area contributed by atoms with Gasteiger partial charge in [0, 0.05) is 17.2 Å². The fourth-order valence-electron chi connectivity index (χ4n) is 3.61. The molecule has 0 aliphatic heterocycles. The minimum atomic E-state index is -0.331. The van der Waals surface area contributed by atoms with Crippen LogP contribution in [0.15, 0.2) is 95.4 Å². The summed E-state index contributed by atoms with van der Waals surface area (Å²) in [6.07, 6.45) is 0. The Kier molecular flexibility index (Phi) is 6.50. The van der Waals surface area contributed by atoms with Crippen molar-refractivity contribution >= 4 is 11.6 Å². The maximum Gasteiger partial charge on any atom is 0.291 e. The van der Waals surface area contributed by atoms with Crippen molar-refractivity contribution in [2.75, 3.05) is 12.4 Å². The molecule has 0 aliphatic rings. The normalized spacial score (nSPS) is 11.1. The molecule has 0 saturated carbocycles. The van der Waals surface area contributed by atoms with E-state index in [0.717, 1.165) is 5.75 Å². The molecule has 0 aliphatic carbocycles. The lowest BCUT2D eigenvalue weighted by Gasteiger charge is -2.26. The van der Waals surface area contributed by atoms with E-state index in [2.05, 4.69) is 55.6 Å². The number of amides is 1. The molecule has 0 unspecified atom stereocenters. The summed E-state index contributed by atoms with van der Waals surface area (Å²) in [7, 11) is 1.58. The van der Waals surface area contributed by atoms with Crippen molar-refractivity contribution in [3.8, 4) is 11.5 Å². The van der Waals surface area contributed by atoms with Crippen LogP contribution in [0.3, 0.4) is 0 Å². The third-order valence-corrected chi connectivity index (χ3v) is 5.67. The molecule has 4 aromatic rings. The first-order chi connectivity index (χ1) is 16.0. The fourth-order valence-corrected chi connectivity index (χ4v) is 3.61. The average molecular weight is 442 g/mol. The van der Waals surface area contributed by atoms with Gasteiger partial charge in [0.1, 0.15) is 23.9 Å². The predicted octanol–water partition coefficient (Wildman–Crippen LogP) is 6.45. The Labute approximate surface area is 194 Å². The fraction of sp³-hybridized carbons (Fsp3) is 0.179. The minimum Gasteiger partial charge on any atom is -0.497 e. The Hall–Kier alpha value is -3.99. The highest BCUT2D eigenvalue weighted by molar-refractivity contribution is 6.02. The van der Waals surface area contributed by atoms with Gasteiger partial charge in [0.15, 0.2) is 5.76 Å². The number of ether oxygens (including phenoxy) is 2. The van der Waals surface area contributed by atoms with Crippen LogP contribution in [-0.4, -0.2) is 13.0 Å². The second-order valence-corrected chi connectivity index (χ2v) is 8.26. The Morgan fingerprint density at radius 1 is 0.848 bits per heavy atom. The van der Waals surface area contributed by atoms with Crippen LogP contribution < -0.4 is 14.8 Å². The number of carbonyl (C=O) groups excluding carboxylic acids is 1. The summed E-state index contributed by atoms with van der Waals surface area (Å²) in [5.41, 5.74) is 2.99. The molecule has 5 heteroatoms. The van der Waals surface area contributed by atoms with Gasteiger partial charge in [-0.3, -0.25) is 4.79 Å². The van der Waals surface area contributed by atoms with E-state index in [1.165, 1.54) is 11.1 Å². The number of furan rings is 1. The first-order valence-electron chi connectivity index (χ1n) is 10.8. The van der Waals surface area contributed by atoms with E-state index in [9.17, 15) is 4.79 Å². The number of methoxy groups -OCH3 is 1. The van der Waals surface area contributed by atoms with Crippen molar-refractivity contribution in [3.63, 3.8) is 0 Å². The molecule has 0 spiro atoms. The molecule has 4 rings (SSSR count). The molecule has 1 heterocycles. The molecule has 168 valence electrons. The van der Waals surface area contributed by atoms with Gasteiger partial charge in [-0.2, -0.15) is 0 Å². The molecular formula is C28H27NO4. The molecule has 1 N–H and O–H groups in total. The number of benzene rings is 3. The lowest BCUT2D eigenvalue weighted by atomic mass is 9.78. The molecule has 33 heavy (non-hydrogen) atoms. The zero-order valence-corrected chi connectivity index (χ0v) is 19.0. The molecular weight excluding hydrogens is 414 g/mol. The van der Waals surface area contributed by atoms with Gasteiger partial charge in [-0.25, -0.2) is 0 Å². The molecule has 0 bridgehead atoms. The zero-order valence-electron chi connectivity index (χ0n) is 19.0. The van der Waals surface area contributed by atoms with Crippen LogP contribution in [-0.2, 0) is 12.0 Å². The van der Waals surface area contributed by atoms with Gasteiger partial charge in [0.25, 0.3) is 5.91 Å². The van der Waals surface area contributed by atoms with Gasteiger partial charge in [-0.1, -0.05) is 62.4 Å². The highest BCUT2D eigenvalue weighted by Crippen LogP contribution is 2.32. The quantitative estimate of drug-likeness (QED) is 0.342. The van der Waals surface area contributed by atoms with Gasteiger partial charge in [0.05, 0.1) is 7.11 Å². The summed E-state index contributed by atoms with van der Waals surface area (Å²) in [6, 6.07) is 29.0. The number of nitrogens with one attached hydrogen (secondary N) is 1. The third kappa shape index (κ3) is 5.26. The smallest absolute Gasteiger partial charge is 0.291 e. The molecule has 1 aromatic heterocycles. The van der Waals surface area contributed by atoms with Crippen LogP contribution in [0.5, 0.6) is 11.5 Å². The molecule has 5 nitrogen and oxygen atoms in total. The summed E-state index contributed by atoms with van der Waals surface area (Å²) in [5.74, 6) is 1.86. The second-order valence-electron chi connectivity index (χ2n) is 8.26. The Morgan fingerprint density at radius 3 is 2.30 bits per heavy atom. The van der Waals surface area contributed by atoms with E-state index >= 15 is 0 Å². The van der Waals surface area contributed by atoms with Crippen LogP contribution in [0.1, 0.15) is 41.3 Å². The highest BCUT2D eigenvalue weighted by Gasteiger charge is 2.22. The van der Waals surface area contributed by atoms with E-state index < -0.39 is 0 Å². The largest absolute Gasteiger partial charge is 0.497 e. The molecule has 1 amide bonds. The zero-order chi connectivity index (χ0) is 23.3. The van der Waals surface area contributed by atoms with Crippen molar-refractivity contribution in [1.29, 1.82) is 0 Å². The predicted molar refractivity (Wildman–Crippen MR) is 129 cm³/mol. The Morgan fingerprint density at radius 2 is 1.58 bits per heavy atom. The lowest BCUT2D eigenvalue weighted by Crippen LogP contribution is -2.18. The summed E-state index contributed by atoms with van der Waals surface area (Å²) in [5, 5.41) is 2.80. The number of hydrogen-bond acceptors (Lipinski definition) is 4. The van der Waals surface area contributed by atoms with Gasteiger partial charge >= 0.3 is 0 Å². The van der Waals surface area contributed by atoms with Gasteiger partial charge < -0.3 is 19.2 Å². The number of anilines is 1. The Balaban J connectivity index is 1.36. The minimum absolute atomic E-state index is 0.105. The number of carbonyl (C=O) groups is 1. The Bertz CT molecular complexity index is 1210. The van der Waals surface area contributed by atoms with Crippen molar-refractivity contribution in [3.05, 3.63) is 114 Å². The molecule has 0 saturated heterocycles. The van der Waals surface area contributed by atoms with Crippen LogP contribution in [0, 0.1) is 0 Å². The summed E-state index contributed by atoms with van der Waals surface area (Å²) >= 11 is 0. The van der Waals surface area contributed by atoms with Crippen molar-refractivity contribution in [2.45, 2.75) is 25.9 Å². The maximum atomic E-state index is 12.5. The van der Waals surface area contributed by atoms with E-state index in [1.54, 1.807) is 31.4 Å². The average Bonchev–Trinajstić information content (AvgIpc) is 3.33. The third-order valence-electron chi connectivity index (χ3n) is 5.67. The van der Waals surface area contributed by atoms with Crippen molar-refractivity contribution in [2.24, 2.45) is 0 Å². The first kappa shape index (κ1) is 22.2. The summed E-state index contributed by atoms with van der Waals surface area (Å²) in [4.78, 5) is 12.5. The van der Waals surface area contributed by atoms with E-state index in [4.69, 9.17) is 13.9 Å². The van der Waals surface area contributed by atoms with Gasteiger partial charge in [0.2, 0.25) is 0 Å². The van der Waals surface area contributed by atoms with Crippen LogP contribution in [0.25, 0.3) is 0 Å². The van der Waals surface area contributed by atoms with Crippen LogP contribution in [0.2, 0.25) is 0 Å². The standard InChI is InChI=1S/C28H27NO4/c1-28(2,20-8-5-4-6-9-20)21-12-14-23(15-13-21)32-19-25-16-17-26(33-25)27(30)29-22-10-7-11-24(18-22)31-3/h4-18H,19H2,1-3H3,(H,29,30). The van der Waals surface area contributed by atoms with Crippen molar-refractivity contribution < 1.29 is 18.7 Å². The topological polar surface area (TPSA) is 60.7 Å². The number of rotatable bonds is 8. The van der Waals surface area contributed by atoms with Gasteiger partial charge in [-0.05, 0) is 47.5 Å². The lowest BCUT2D eigenvalue weighted by molar-refractivity contribution is 0.0992. The van der Waals surface area contributed by atoms with Gasteiger partial charge in [-0.15, -0.1) is 0 Å². The monoisotopic (exact) mass is 441 g/mol. The number of hydrogen-bond donors (Lipinski definition) is 1.